The average molecular weight is 397 g/mol. The van der Waals surface area contributed by atoms with Crippen LogP contribution < -0.4 is 5.90 Å². The van der Waals surface area contributed by atoms with Gasteiger partial charge in [0.05, 0.1) is 25.0 Å². The van der Waals surface area contributed by atoms with Crippen LogP contribution in [0, 0.1) is 0 Å². The highest BCUT2D eigenvalue weighted by Crippen LogP contribution is 2.32. The lowest BCUT2D eigenvalue weighted by Crippen LogP contribution is -2.10. The largest absolute Gasteiger partial charge is 0.466 e. The first-order chi connectivity index (χ1) is 13.3. The molecule has 1 heterocycles. The Morgan fingerprint density at radius 3 is 2.68 bits per heavy atom. The Kier molecular flexibility index (Phi) is 7.62. The first kappa shape index (κ1) is 21.5. The molecule has 0 bridgehead atoms. The molecular weight excluding hydrogens is 375 g/mol. The van der Waals surface area contributed by atoms with Gasteiger partial charge in [0.25, 0.3) is 0 Å². The number of nitrogens with zero attached hydrogens (tertiary/aromatic N) is 2. The SMILES string of the molecule is CCOC(=O)CCCC(ON)=C(Cn1ccnc1)c1cccc(C(F)(F)F)c1. The van der Waals surface area contributed by atoms with E-state index >= 15 is 0 Å². The first-order valence-corrected chi connectivity index (χ1v) is 8.73. The highest BCUT2D eigenvalue weighted by Gasteiger charge is 2.30. The lowest BCUT2D eigenvalue weighted by Gasteiger charge is -2.16. The van der Waals surface area contributed by atoms with Crippen molar-refractivity contribution in [3.05, 3.63) is 59.9 Å². The predicted molar refractivity (Wildman–Crippen MR) is 96.3 cm³/mol. The molecule has 0 saturated heterocycles. The second-order valence-corrected chi connectivity index (χ2v) is 5.99. The molecule has 0 amide bonds. The molecule has 9 heteroatoms. The van der Waals surface area contributed by atoms with Crippen molar-refractivity contribution < 1.29 is 27.5 Å². The van der Waals surface area contributed by atoms with Crippen molar-refractivity contribution in [3.8, 4) is 0 Å². The summed E-state index contributed by atoms with van der Waals surface area (Å²) in [7, 11) is 0. The maximum absolute atomic E-state index is 13.1. The van der Waals surface area contributed by atoms with Crippen molar-refractivity contribution >= 4 is 11.5 Å². The molecule has 2 aromatic rings. The number of nitrogens with two attached hydrogens (primary N) is 1. The van der Waals surface area contributed by atoms with E-state index in [9.17, 15) is 18.0 Å². The third-order valence-corrected chi connectivity index (χ3v) is 4.01. The van der Waals surface area contributed by atoms with E-state index in [1.165, 1.54) is 6.07 Å². The van der Waals surface area contributed by atoms with Gasteiger partial charge in [-0.25, -0.2) is 4.98 Å². The standard InChI is InChI=1S/C19H22F3N3O3/c1-2-27-18(26)8-4-7-17(28-23)16(12-25-10-9-24-13-25)14-5-3-6-15(11-14)19(20,21)22/h3,5-6,9-11,13H,2,4,7-8,12,23H2,1H3. The topological polar surface area (TPSA) is 79.4 Å². The van der Waals surface area contributed by atoms with E-state index in [1.807, 2.05) is 0 Å². The van der Waals surface area contributed by atoms with Gasteiger partial charge in [-0.2, -0.15) is 19.1 Å². The van der Waals surface area contributed by atoms with E-state index in [4.69, 9.17) is 15.5 Å². The molecule has 152 valence electrons. The van der Waals surface area contributed by atoms with Crippen LogP contribution >= 0.6 is 0 Å². The fraction of sp³-hybridized carbons (Fsp3) is 0.368. The Morgan fingerprint density at radius 1 is 1.29 bits per heavy atom. The number of ether oxygens (including phenoxy) is 1. The third-order valence-electron chi connectivity index (χ3n) is 4.01. The van der Waals surface area contributed by atoms with Crippen LogP contribution in [0.5, 0.6) is 0 Å². The smallest absolute Gasteiger partial charge is 0.416 e. The zero-order valence-corrected chi connectivity index (χ0v) is 15.4. The fourth-order valence-corrected chi connectivity index (χ4v) is 2.69. The number of carbonyl (C=O) groups excluding carboxylic acids is 1. The Balaban J connectivity index is 2.34. The monoisotopic (exact) mass is 397 g/mol. The number of alkyl halides is 3. The van der Waals surface area contributed by atoms with Gasteiger partial charge in [0.2, 0.25) is 0 Å². The summed E-state index contributed by atoms with van der Waals surface area (Å²) in [6.45, 7) is 2.21. The minimum absolute atomic E-state index is 0.154. The van der Waals surface area contributed by atoms with Crippen LogP contribution in [0.2, 0.25) is 0 Å². The van der Waals surface area contributed by atoms with Crippen LogP contribution in [0.1, 0.15) is 37.3 Å². The summed E-state index contributed by atoms with van der Waals surface area (Å²) < 4.78 is 45.9. The van der Waals surface area contributed by atoms with Gasteiger partial charge in [-0.05, 0) is 31.0 Å². The van der Waals surface area contributed by atoms with E-state index in [0.29, 0.717) is 23.3 Å². The molecule has 0 aliphatic carbocycles. The summed E-state index contributed by atoms with van der Waals surface area (Å²) in [6.07, 6.45) is 1.13. The Morgan fingerprint density at radius 2 is 2.07 bits per heavy atom. The molecule has 2 N–H and O–H groups in total. The lowest BCUT2D eigenvalue weighted by molar-refractivity contribution is -0.143. The van der Waals surface area contributed by atoms with Crippen molar-refractivity contribution in [3.63, 3.8) is 0 Å². The van der Waals surface area contributed by atoms with Gasteiger partial charge in [-0.15, -0.1) is 0 Å². The number of esters is 1. The summed E-state index contributed by atoms with van der Waals surface area (Å²) in [4.78, 5) is 20.5. The van der Waals surface area contributed by atoms with Gasteiger partial charge in [-0.1, -0.05) is 12.1 Å². The lowest BCUT2D eigenvalue weighted by atomic mass is 9.99. The minimum Gasteiger partial charge on any atom is -0.466 e. The van der Waals surface area contributed by atoms with Crippen LogP contribution in [0.25, 0.3) is 5.57 Å². The molecule has 0 atom stereocenters. The van der Waals surface area contributed by atoms with Gasteiger partial charge in [-0.3, -0.25) is 4.79 Å². The maximum Gasteiger partial charge on any atom is 0.416 e. The average Bonchev–Trinajstić information content (AvgIpc) is 3.17. The van der Waals surface area contributed by atoms with Crippen molar-refractivity contribution in [1.82, 2.24) is 9.55 Å². The highest BCUT2D eigenvalue weighted by atomic mass is 19.4. The Labute approximate surface area is 160 Å². The first-order valence-electron chi connectivity index (χ1n) is 8.73. The van der Waals surface area contributed by atoms with E-state index in [1.54, 1.807) is 36.3 Å². The number of benzene rings is 1. The molecule has 6 nitrogen and oxygen atoms in total. The Hall–Kier alpha value is -2.81. The van der Waals surface area contributed by atoms with Crippen molar-refractivity contribution in [2.24, 2.45) is 5.90 Å². The zero-order chi connectivity index (χ0) is 20.6. The number of halogens is 3. The molecule has 1 aromatic carbocycles. The number of rotatable bonds is 9. The normalized spacial score (nSPS) is 12.5. The number of imidazole rings is 1. The number of carbonyl (C=O) groups is 1. The van der Waals surface area contributed by atoms with E-state index in [2.05, 4.69) is 4.98 Å². The molecule has 0 radical (unpaired) electrons. The van der Waals surface area contributed by atoms with Crippen molar-refractivity contribution in [2.45, 2.75) is 38.9 Å². The van der Waals surface area contributed by atoms with Crippen LogP contribution in [0.3, 0.4) is 0 Å². The molecule has 0 aliphatic heterocycles. The number of aromatic nitrogens is 2. The fourth-order valence-electron chi connectivity index (χ4n) is 2.69. The Bertz CT molecular complexity index is 802. The second kappa shape index (κ2) is 9.93. The molecule has 2 rings (SSSR count). The molecule has 0 fully saturated rings. The second-order valence-electron chi connectivity index (χ2n) is 5.99. The van der Waals surface area contributed by atoms with Crippen molar-refractivity contribution in [2.75, 3.05) is 6.61 Å². The van der Waals surface area contributed by atoms with Crippen LogP contribution in [0.4, 0.5) is 13.2 Å². The number of allylic oxidation sites excluding steroid dienone is 2. The van der Waals surface area contributed by atoms with E-state index in [0.717, 1.165) is 12.1 Å². The van der Waals surface area contributed by atoms with Crippen molar-refractivity contribution in [1.29, 1.82) is 0 Å². The van der Waals surface area contributed by atoms with E-state index < -0.39 is 11.7 Å². The predicted octanol–water partition coefficient (Wildman–Crippen LogP) is 3.94. The van der Waals surface area contributed by atoms with E-state index in [-0.39, 0.29) is 32.0 Å². The molecule has 0 unspecified atom stereocenters. The summed E-state index contributed by atoms with van der Waals surface area (Å²) in [6, 6.07) is 4.95. The van der Waals surface area contributed by atoms with Crippen LogP contribution in [-0.4, -0.2) is 22.1 Å². The van der Waals surface area contributed by atoms with Crippen LogP contribution in [0.15, 0.2) is 48.7 Å². The minimum atomic E-state index is -4.47. The molecule has 28 heavy (non-hydrogen) atoms. The summed E-state index contributed by atoms with van der Waals surface area (Å²) in [5.74, 6) is 5.37. The molecule has 0 aliphatic rings. The van der Waals surface area contributed by atoms with Gasteiger partial charge < -0.3 is 14.1 Å². The summed E-state index contributed by atoms with van der Waals surface area (Å²) in [5, 5.41) is 0. The van der Waals surface area contributed by atoms with Gasteiger partial charge in [0, 0.05) is 30.8 Å². The maximum atomic E-state index is 13.1. The van der Waals surface area contributed by atoms with Gasteiger partial charge in [0.15, 0.2) is 0 Å². The summed E-state index contributed by atoms with van der Waals surface area (Å²) >= 11 is 0. The molecular formula is C19H22F3N3O3. The van der Waals surface area contributed by atoms with Gasteiger partial charge >= 0.3 is 12.1 Å². The van der Waals surface area contributed by atoms with Crippen LogP contribution in [-0.2, 0) is 27.1 Å². The molecule has 0 spiro atoms. The quantitative estimate of drug-likeness (QED) is 0.394. The third kappa shape index (κ3) is 6.12. The number of hydrogen-bond acceptors (Lipinski definition) is 5. The molecule has 1 aromatic heterocycles. The summed E-state index contributed by atoms with van der Waals surface area (Å²) in [5.41, 5.74) is 0.0478. The molecule has 0 saturated carbocycles. The van der Waals surface area contributed by atoms with Gasteiger partial charge in [0.1, 0.15) is 5.76 Å². The number of hydrogen-bond donors (Lipinski definition) is 1. The highest BCUT2D eigenvalue weighted by molar-refractivity contribution is 5.70. The zero-order valence-electron chi connectivity index (χ0n) is 15.4.